The van der Waals surface area contributed by atoms with Crippen molar-refractivity contribution in [3.63, 3.8) is 0 Å². The van der Waals surface area contributed by atoms with E-state index in [0.29, 0.717) is 5.92 Å². The predicted molar refractivity (Wildman–Crippen MR) is 50.4 cm³/mol. The van der Waals surface area contributed by atoms with Gasteiger partial charge in [-0.2, -0.15) is 0 Å². The molecule has 2 N–H and O–H groups in total. The van der Waals surface area contributed by atoms with E-state index < -0.39 is 5.79 Å². The SMILES string of the molecule is [CH2]CC(C)CCC(C)C(C)(O)O. The minimum absolute atomic E-state index is 0.0634. The van der Waals surface area contributed by atoms with Gasteiger partial charge in [0.2, 0.25) is 0 Å². The highest BCUT2D eigenvalue weighted by atomic mass is 16.5. The van der Waals surface area contributed by atoms with Crippen LogP contribution in [0.4, 0.5) is 0 Å². The molecule has 2 unspecified atom stereocenters. The Labute approximate surface area is 75.6 Å². The summed E-state index contributed by atoms with van der Waals surface area (Å²) < 4.78 is 0. The van der Waals surface area contributed by atoms with E-state index in [1.54, 1.807) is 0 Å². The lowest BCUT2D eigenvalue weighted by atomic mass is 9.92. The molecule has 73 valence electrons. The van der Waals surface area contributed by atoms with Gasteiger partial charge in [0, 0.05) is 5.92 Å². The molecule has 0 rings (SSSR count). The zero-order chi connectivity index (χ0) is 9.78. The molecule has 0 aliphatic carbocycles. The van der Waals surface area contributed by atoms with Crippen LogP contribution in [0.5, 0.6) is 0 Å². The summed E-state index contributed by atoms with van der Waals surface area (Å²) in [6, 6.07) is 0. The lowest BCUT2D eigenvalue weighted by molar-refractivity contribution is -0.182. The highest BCUT2D eigenvalue weighted by molar-refractivity contribution is 4.68. The van der Waals surface area contributed by atoms with Gasteiger partial charge in [-0.05, 0) is 19.3 Å². The summed E-state index contributed by atoms with van der Waals surface area (Å²) in [6.45, 7) is 9.23. The van der Waals surface area contributed by atoms with E-state index in [1.807, 2.05) is 6.92 Å². The highest BCUT2D eigenvalue weighted by Crippen LogP contribution is 2.21. The van der Waals surface area contributed by atoms with E-state index in [2.05, 4.69) is 13.8 Å². The van der Waals surface area contributed by atoms with Crippen LogP contribution in [0.2, 0.25) is 0 Å². The second kappa shape index (κ2) is 4.83. The maximum Gasteiger partial charge on any atom is 0.162 e. The van der Waals surface area contributed by atoms with Gasteiger partial charge in [0.25, 0.3) is 0 Å². The fourth-order valence-electron chi connectivity index (χ4n) is 0.952. The normalized spacial score (nSPS) is 17.5. The smallest absolute Gasteiger partial charge is 0.162 e. The number of hydrogen-bond donors (Lipinski definition) is 2. The first-order valence-corrected chi connectivity index (χ1v) is 4.62. The van der Waals surface area contributed by atoms with Crippen LogP contribution in [0.1, 0.15) is 40.0 Å². The predicted octanol–water partition coefficient (Wildman–Crippen LogP) is 1.96. The van der Waals surface area contributed by atoms with Crippen LogP contribution in [-0.2, 0) is 0 Å². The molecule has 0 aromatic rings. The topological polar surface area (TPSA) is 40.5 Å². The van der Waals surface area contributed by atoms with Gasteiger partial charge in [-0.15, -0.1) is 0 Å². The van der Waals surface area contributed by atoms with Crippen LogP contribution in [0.15, 0.2) is 0 Å². The maximum absolute atomic E-state index is 9.21. The Morgan fingerprint density at radius 1 is 1.25 bits per heavy atom. The molecular formula is C10H21O2. The third kappa shape index (κ3) is 4.73. The third-order valence-corrected chi connectivity index (χ3v) is 2.52. The Balaban J connectivity index is 3.64. The molecule has 1 radical (unpaired) electrons. The average Bonchev–Trinajstić information content (AvgIpc) is 1.97. The van der Waals surface area contributed by atoms with Crippen molar-refractivity contribution < 1.29 is 10.2 Å². The summed E-state index contributed by atoms with van der Waals surface area (Å²) in [7, 11) is 0. The molecule has 2 nitrogen and oxygen atoms in total. The van der Waals surface area contributed by atoms with Crippen molar-refractivity contribution in [3.05, 3.63) is 6.92 Å². The quantitative estimate of drug-likeness (QED) is 0.624. The minimum atomic E-state index is -1.53. The Morgan fingerprint density at radius 3 is 2.08 bits per heavy atom. The van der Waals surface area contributed by atoms with Crippen molar-refractivity contribution in [3.8, 4) is 0 Å². The van der Waals surface area contributed by atoms with Crippen molar-refractivity contribution in [2.75, 3.05) is 0 Å². The summed E-state index contributed by atoms with van der Waals surface area (Å²) in [4.78, 5) is 0. The number of hydrogen-bond acceptors (Lipinski definition) is 2. The average molecular weight is 173 g/mol. The van der Waals surface area contributed by atoms with Gasteiger partial charge < -0.3 is 10.2 Å². The van der Waals surface area contributed by atoms with E-state index >= 15 is 0 Å². The summed E-state index contributed by atoms with van der Waals surface area (Å²) in [5, 5.41) is 18.4. The highest BCUT2D eigenvalue weighted by Gasteiger charge is 2.24. The first kappa shape index (κ1) is 11.9. The van der Waals surface area contributed by atoms with Crippen molar-refractivity contribution in [2.24, 2.45) is 11.8 Å². The Hall–Kier alpha value is -0.0800. The maximum atomic E-state index is 9.21. The fourth-order valence-corrected chi connectivity index (χ4v) is 0.952. The molecule has 0 saturated heterocycles. The first-order chi connectivity index (χ1) is 5.38. The Bertz CT molecular complexity index is 115. The minimum Gasteiger partial charge on any atom is -0.366 e. The number of aliphatic hydroxyl groups is 2. The molecular weight excluding hydrogens is 152 g/mol. The molecule has 0 heterocycles. The van der Waals surface area contributed by atoms with Crippen LogP contribution in [0.25, 0.3) is 0 Å². The van der Waals surface area contributed by atoms with Gasteiger partial charge in [0.1, 0.15) is 0 Å². The zero-order valence-electron chi connectivity index (χ0n) is 8.38. The van der Waals surface area contributed by atoms with E-state index in [1.165, 1.54) is 6.92 Å². The Morgan fingerprint density at radius 2 is 1.75 bits per heavy atom. The summed E-state index contributed by atoms with van der Waals surface area (Å²) in [6.07, 6.45) is 2.78. The molecule has 0 aromatic heterocycles. The summed E-state index contributed by atoms with van der Waals surface area (Å²) >= 11 is 0. The molecule has 0 bridgehead atoms. The summed E-state index contributed by atoms with van der Waals surface area (Å²) in [5.41, 5.74) is 0. The van der Waals surface area contributed by atoms with E-state index in [-0.39, 0.29) is 5.92 Å². The van der Waals surface area contributed by atoms with E-state index in [4.69, 9.17) is 0 Å². The lowest BCUT2D eigenvalue weighted by Gasteiger charge is -2.25. The fraction of sp³-hybridized carbons (Fsp3) is 0.900. The second-order valence-corrected chi connectivity index (χ2v) is 3.97. The summed E-state index contributed by atoms with van der Waals surface area (Å²) in [5.74, 6) is -1.01. The second-order valence-electron chi connectivity index (χ2n) is 3.97. The number of rotatable bonds is 5. The lowest BCUT2D eigenvalue weighted by Crippen LogP contribution is -2.32. The van der Waals surface area contributed by atoms with Crippen molar-refractivity contribution in [1.82, 2.24) is 0 Å². The van der Waals surface area contributed by atoms with E-state index in [0.717, 1.165) is 19.3 Å². The largest absolute Gasteiger partial charge is 0.366 e. The van der Waals surface area contributed by atoms with Crippen LogP contribution in [-0.4, -0.2) is 16.0 Å². The van der Waals surface area contributed by atoms with Crippen LogP contribution >= 0.6 is 0 Å². The molecule has 2 atom stereocenters. The van der Waals surface area contributed by atoms with Crippen LogP contribution < -0.4 is 0 Å². The van der Waals surface area contributed by atoms with Gasteiger partial charge >= 0.3 is 0 Å². The zero-order valence-corrected chi connectivity index (χ0v) is 8.38. The molecule has 0 aliphatic heterocycles. The van der Waals surface area contributed by atoms with Crippen LogP contribution in [0.3, 0.4) is 0 Å². The molecule has 0 aliphatic rings. The van der Waals surface area contributed by atoms with Crippen molar-refractivity contribution in [2.45, 2.75) is 45.8 Å². The first-order valence-electron chi connectivity index (χ1n) is 4.62. The van der Waals surface area contributed by atoms with Gasteiger partial charge in [-0.25, -0.2) is 0 Å². The third-order valence-electron chi connectivity index (χ3n) is 2.52. The molecule has 0 saturated carbocycles. The van der Waals surface area contributed by atoms with Crippen molar-refractivity contribution >= 4 is 0 Å². The van der Waals surface area contributed by atoms with E-state index in [9.17, 15) is 10.2 Å². The standard InChI is InChI=1S/C10H21O2/c1-5-8(2)6-7-9(3)10(4,11)12/h8-9,11-12H,1,5-7H2,2-4H3. The Kier molecular flexibility index (Phi) is 4.80. The molecule has 0 amide bonds. The van der Waals surface area contributed by atoms with Gasteiger partial charge in [0.15, 0.2) is 5.79 Å². The van der Waals surface area contributed by atoms with Gasteiger partial charge in [0.05, 0.1) is 0 Å². The van der Waals surface area contributed by atoms with Gasteiger partial charge in [-0.3, -0.25) is 0 Å². The monoisotopic (exact) mass is 173 g/mol. The molecule has 0 aromatic carbocycles. The van der Waals surface area contributed by atoms with Gasteiger partial charge in [-0.1, -0.05) is 33.6 Å². The molecule has 2 heteroatoms. The molecule has 0 spiro atoms. The molecule has 12 heavy (non-hydrogen) atoms. The van der Waals surface area contributed by atoms with Crippen molar-refractivity contribution in [1.29, 1.82) is 0 Å². The van der Waals surface area contributed by atoms with Crippen LogP contribution in [0, 0.1) is 18.8 Å². The molecule has 0 fully saturated rings.